The van der Waals surface area contributed by atoms with Crippen molar-refractivity contribution in [2.75, 3.05) is 65.6 Å². The van der Waals surface area contributed by atoms with Crippen LogP contribution in [0.5, 0.6) is 0 Å². The van der Waals surface area contributed by atoms with E-state index in [0.717, 1.165) is 32.2 Å². The fourth-order valence-electron chi connectivity index (χ4n) is 2.30. The molecule has 0 aliphatic carbocycles. The molecule has 0 saturated carbocycles. The Kier molecular flexibility index (Phi) is 14.1. The SMILES string of the molecule is CN=C(NCCCSC)N1CCC(COCCOC)C1.I. The maximum absolute atomic E-state index is 5.62. The standard InChI is InChI=1S/C14H29N3O2S.HI/c1-15-14(16-6-4-10-20-3)17-7-5-13(11-17)12-19-9-8-18-2;/h13H,4-12H2,1-3H3,(H,15,16);1H. The fourth-order valence-corrected chi connectivity index (χ4v) is 2.74. The Hall–Kier alpha value is 0.270. The van der Waals surface area contributed by atoms with Crippen LogP contribution < -0.4 is 5.32 Å². The predicted octanol–water partition coefficient (Wildman–Crippen LogP) is 1.92. The topological polar surface area (TPSA) is 46.1 Å². The summed E-state index contributed by atoms with van der Waals surface area (Å²) in [6, 6.07) is 0. The number of halogens is 1. The van der Waals surface area contributed by atoms with Crippen molar-refractivity contribution in [2.45, 2.75) is 12.8 Å². The summed E-state index contributed by atoms with van der Waals surface area (Å²) in [6.07, 6.45) is 4.50. The first-order valence-electron chi connectivity index (χ1n) is 7.33. The number of guanidine groups is 1. The van der Waals surface area contributed by atoms with Gasteiger partial charge in [0.25, 0.3) is 0 Å². The second-order valence-electron chi connectivity index (χ2n) is 4.99. The summed E-state index contributed by atoms with van der Waals surface area (Å²) in [4.78, 5) is 6.71. The lowest BCUT2D eigenvalue weighted by molar-refractivity contribution is 0.0536. The number of aliphatic imine (C=N–C) groups is 1. The number of methoxy groups -OCH3 is 1. The molecule has 0 radical (unpaired) electrons. The first-order chi connectivity index (χ1) is 9.81. The van der Waals surface area contributed by atoms with Crippen LogP contribution in [0.4, 0.5) is 0 Å². The Balaban J connectivity index is 0.00000400. The molecule has 1 unspecified atom stereocenters. The lowest BCUT2D eigenvalue weighted by atomic mass is 10.1. The second-order valence-corrected chi connectivity index (χ2v) is 5.97. The van der Waals surface area contributed by atoms with E-state index in [-0.39, 0.29) is 24.0 Å². The molecule has 0 aromatic heterocycles. The summed E-state index contributed by atoms with van der Waals surface area (Å²) in [5.41, 5.74) is 0. The number of rotatable bonds is 9. The van der Waals surface area contributed by atoms with Crippen molar-refractivity contribution in [1.82, 2.24) is 10.2 Å². The lowest BCUT2D eigenvalue weighted by Crippen LogP contribution is -2.40. The van der Waals surface area contributed by atoms with E-state index in [1.807, 2.05) is 18.8 Å². The molecule has 1 atom stereocenters. The van der Waals surface area contributed by atoms with Crippen molar-refractivity contribution in [1.29, 1.82) is 0 Å². The molecule has 5 nitrogen and oxygen atoms in total. The van der Waals surface area contributed by atoms with E-state index in [1.165, 1.54) is 18.6 Å². The minimum Gasteiger partial charge on any atom is -0.382 e. The molecule has 1 saturated heterocycles. The van der Waals surface area contributed by atoms with Gasteiger partial charge in [-0.2, -0.15) is 11.8 Å². The van der Waals surface area contributed by atoms with Crippen LogP contribution in [-0.4, -0.2) is 76.5 Å². The van der Waals surface area contributed by atoms with E-state index in [1.54, 1.807) is 7.11 Å². The molecule has 21 heavy (non-hydrogen) atoms. The van der Waals surface area contributed by atoms with Crippen molar-refractivity contribution >= 4 is 41.7 Å². The maximum atomic E-state index is 5.62. The van der Waals surface area contributed by atoms with Gasteiger partial charge in [0, 0.05) is 39.7 Å². The molecule has 126 valence electrons. The molecule has 0 bridgehead atoms. The Morgan fingerprint density at radius 1 is 1.43 bits per heavy atom. The third kappa shape index (κ3) is 9.10. The molecule has 0 amide bonds. The van der Waals surface area contributed by atoms with E-state index in [2.05, 4.69) is 21.5 Å². The number of ether oxygens (including phenoxy) is 2. The molecular weight excluding hydrogens is 401 g/mol. The van der Waals surface area contributed by atoms with Gasteiger partial charge in [-0.3, -0.25) is 4.99 Å². The van der Waals surface area contributed by atoms with Gasteiger partial charge in [-0.1, -0.05) is 0 Å². The molecule has 7 heteroatoms. The summed E-state index contributed by atoms with van der Waals surface area (Å²) in [5, 5.41) is 3.44. The Morgan fingerprint density at radius 2 is 2.24 bits per heavy atom. The van der Waals surface area contributed by atoms with Gasteiger partial charge < -0.3 is 19.7 Å². The molecule has 1 aliphatic rings. The van der Waals surface area contributed by atoms with Crippen molar-refractivity contribution in [3.05, 3.63) is 0 Å². The molecule has 0 aromatic rings. The minimum absolute atomic E-state index is 0. The summed E-state index contributed by atoms with van der Waals surface area (Å²) in [5.74, 6) is 2.84. The van der Waals surface area contributed by atoms with Crippen molar-refractivity contribution in [3.8, 4) is 0 Å². The first-order valence-corrected chi connectivity index (χ1v) is 8.72. The molecule has 1 heterocycles. The van der Waals surface area contributed by atoms with Crippen LogP contribution in [0.1, 0.15) is 12.8 Å². The van der Waals surface area contributed by atoms with Gasteiger partial charge in [-0.05, 0) is 24.9 Å². The van der Waals surface area contributed by atoms with E-state index in [9.17, 15) is 0 Å². The second kappa shape index (κ2) is 13.9. The zero-order valence-electron chi connectivity index (χ0n) is 13.5. The average Bonchev–Trinajstić information content (AvgIpc) is 2.92. The molecule has 1 aliphatic heterocycles. The molecule has 1 rings (SSSR count). The van der Waals surface area contributed by atoms with Gasteiger partial charge in [-0.25, -0.2) is 0 Å². The zero-order chi connectivity index (χ0) is 14.6. The molecule has 0 aromatic carbocycles. The highest BCUT2D eigenvalue weighted by molar-refractivity contribution is 14.0. The van der Waals surface area contributed by atoms with Crippen LogP contribution in [0, 0.1) is 5.92 Å². The monoisotopic (exact) mass is 431 g/mol. The van der Waals surface area contributed by atoms with Crippen molar-refractivity contribution in [2.24, 2.45) is 10.9 Å². The lowest BCUT2D eigenvalue weighted by Gasteiger charge is -2.21. The third-order valence-electron chi connectivity index (χ3n) is 3.39. The molecule has 1 fully saturated rings. The van der Waals surface area contributed by atoms with Crippen molar-refractivity contribution < 1.29 is 9.47 Å². The smallest absolute Gasteiger partial charge is 0.193 e. The van der Waals surface area contributed by atoms with Crippen LogP contribution in [0.15, 0.2) is 4.99 Å². The van der Waals surface area contributed by atoms with Crippen LogP contribution in [0.2, 0.25) is 0 Å². The molecule has 1 N–H and O–H groups in total. The Morgan fingerprint density at radius 3 is 2.90 bits per heavy atom. The number of nitrogens with zero attached hydrogens (tertiary/aromatic N) is 2. The van der Waals surface area contributed by atoms with Gasteiger partial charge in [-0.15, -0.1) is 24.0 Å². The van der Waals surface area contributed by atoms with E-state index >= 15 is 0 Å². The molecular formula is C14H30IN3O2S. The third-order valence-corrected chi connectivity index (χ3v) is 4.09. The number of nitrogens with one attached hydrogen (secondary N) is 1. The van der Waals surface area contributed by atoms with Gasteiger partial charge in [0.2, 0.25) is 0 Å². The predicted molar refractivity (Wildman–Crippen MR) is 102 cm³/mol. The van der Waals surface area contributed by atoms with Crippen LogP contribution >= 0.6 is 35.7 Å². The van der Waals surface area contributed by atoms with Gasteiger partial charge >= 0.3 is 0 Å². The quantitative estimate of drug-likeness (QED) is 0.262. The maximum Gasteiger partial charge on any atom is 0.193 e. The number of hydrogen-bond acceptors (Lipinski definition) is 4. The summed E-state index contributed by atoms with van der Waals surface area (Å²) < 4.78 is 10.6. The zero-order valence-corrected chi connectivity index (χ0v) is 16.6. The molecule has 0 spiro atoms. The van der Waals surface area contributed by atoms with Crippen LogP contribution in [0.25, 0.3) is 0 Å². The highest BCUT2D eigenvalue weighted by Crippen LogP contribution is 2.16. The van der Waals surface area contributed by atoms with Gasteiger partial charge in [0.05, 0.1) is 19.8 Å². The number of hydrogen-bond donors (Lipinski definition) is 1. The highest BCUT2D eigenvalue weighted by atomic mass is 127. The number of thioether (sulfide) groups is 1. The van der Waals surface area contributed by atoms with Crippen molar-refractivity contribution in [3.63, 3.8) is 0 Å². The highest BCUT2D eigenvalue weighted by Gasteiger charge is 2.24. The van der Waals surface area contributed by atoms with Crippen LogP contribution in [-0.2, 0) is 9.47 Å². The van der Waals surface area contributed by atoms with Gasteiger partial charge in [0.15, 0.2) is 5.96 Å². The summed E-state index contributed by atoms with van der Waals surface area (Å²) in [7, 11) is 3.56. The fraction of sp³-hybridized carbons (Fsp3) is 0.929. The Bertz CT molecular complexity index is 283. The average molecular weight is 431 g/mol. The normalized spacial score (nSPS) is 18.7. The largest absolute Gasteiger partial charge is 0.382 e. The summed E-state index contributed by atoms with van der Waals surface area (Å²) in [6.45, 7) is 5.29. The summed E-state index contributed by atoms with van der Waals surface area (Å²) >= 11 is 1.89. The van der Waals surface area contributed by atoms with E-state index in [4.69, 9.17) is 9.47 Å². The minimum atomic E-state index is 0. The van der Waals surface area contributed by atoms with E-state index in [0.29, 0.717) is 19.1 Å². The Labute approximate surface area is 150 Å². The van der Waals surface area contributed by atoms with Crippen LogP contribution in [0.3, 0.4) is 0 Å². The van der Waals surface area contributed by atoms with Gasteiger partial charge in [0.1, 0.15) is 0 Å². The first kappa shape index (κ1) is 21.3. The number of likely N-dealkylation sites (tertiary alicyclic amines) is 1. The van der Waals surface area contributed by atoms with E-state index < -0.39 is 0 Å².